The first-order valence-electron chi connectivity index (χ1n) is 5.11. The predicted octanol–water partition coefficient (Wildman–Crippen LogP) is 3.82. The Kier molecular flexibility index (Phi) is 4.34. The van der Waals surface area contributed by atoms with Gasteiger partial charge >= 0.3 is 0 Å². The third-order valence-corrected chi connectivity index (χ3v) is 3.95. The van der Waals surface area contributed by atoms with E-state index in [4.69, 9.17) is 0 Å². The third-order valence-electron chi connectivity index (χ3n) is 2.33. The molecule has 0 radical (unpaired) electrons. The molecule has 18 heavy (non-hydrogen) atoms. The van der Waals surface area contributed by atoms with Gasteiger partial charge in [-0.25, -0.2) is 0 Å². The number of rotatable bonds is 3. The van der Waals surface area contributed by atoms with Crippen LogP contribution in [0.25, 0.3) is 0 Å². The molecule has 0 amide bonds. The van der Waals surface area contributed by atoms with Crippen molar-refractivity contribution in [3.05, 3.63) is 43.3 Å². The SMILES string of the molecule is CCn1ncc(Br)c1C(=O)c1ncc(Br)cc1Br. The Morgan fingerprint density at radius 2 is 2.00 bits per heavy atom. The van der Waals surface area contributed by atoms with Gasteiger partial charge in [-0.1, -0.05) is 0 Å². The van der Waals surface area contributed by atoms with E-state index in [1.165, 1.54) is 0 Å². The van der Waals surface area contributed by atoms with Gasteiger partial charge in [0, 0.05) is 21.7 Å². The van der Waals surface area contributed by atoms with Gasteiger partial charge < -0.3 is 0 Å². The summed E-state index contributed by atoms with van der Waals surface area (Å²) in [6.45, 7) is 2.56. The number of hydrogen-bond acceptors (Lipinski definition) is 3. The van der Waals surface area contributed by atoms with Crippen LogP contribution < -0.4 is 0 Å². The molecule has 2 aromatic heterocycles. The number of pyridine rings is 1. The van der Waals surface area contributed by atoms with Crippen molar-refractivity contribution in [2.75, 3.05) is 0 Å². The van der Waals surface area contributed by atoms with Crippen molar-refractivity contribution in [3.63, 3.8) is 0 Å². The normalized spacial score (nSPS) is 10.7. The first-order valence-corrected chi connectivity index (χ1v) is 7.49. The minimum atomic E-state index is -0.166. The highest BCUT2D eigenvalue weighted by atomic mass is 79.9. The average Bonchev–Trinajstić information content (AvgIpc) is 2.69. The summed E-state index contributed by atoms with van der Waals surface area (Å²) in [7, 11) is 0. The molecule has 0 saturated carbocycles. The van der Waals surface area contributed by atoms with E-state index < -0.39 is 0 Å². The number of halogens is 3. The molecule has 4 nitrogen and oxygen atoms in total. The summed E-state index contributed by atoms with van der Waals surface area (Å²) in [6, 6.07) is 1.79. The van der Waals surface area contributed by atoms with E-state index in [-0.39, 0.29) is 5.78 Å². The lowest BCUT2D eigenvalue weighted by atomic mass is 10.2. The van der Waals surface area contributed by atoms with E-state index >= 15 is 0 Å². The molecule has 94 valence electrons. The van der Waals surface area contributed by atoms with Crippen LogP contribution in [-0.4, -0.2) is 20.5 Å². The number of carbonyl (C=O) groups is 1. The maximum absolute atomic E-state index is 12.4. The summed E-state index contributed by atoms with van der Waals surface area (Å²) in [5.41, 5.74) is 0.877. The molecule has 7 heteroatoms. The van der Waals surface area contributed by atoms with Gasteiger partial charge in [0.2, 0.25) is 5.78 Å². The van der Waals surface area contributed by atoms with Gasteiger partial charge in [0.15, 0.2) is 0 Å². The van der Waals surface area contributed by atoms with Gasteiger partial charge in [0.05, 0.1) is 10.7 Å². The molecule has 0 unspecified atom stereocenters. The van der Waals surface area contributed by atoms with Crippen LogP contribution in [0, 0.1) is 0 Å². The third kappa shape index (κ3) is 2.57. The van der Waals surface area contributed by atoms with E-state index in [2.05, 4.69) is 57.9 Å². The van der Waals surface area contributed by atoms with E-state index in [0.717, 1.165) is 4.47 Å². The number of aromatic nitrogens is 3. The van der Waals surface area contributed by atoms with Crippen LogP contribution >= 0.6 is 47.8 Å². The summed E-state index contributed by atoms with van der Waals surface area (Å²) >= 11 is 9.99. The predicted molar refractivity (Wildman–Crippen MR) is 78.7 cm³/mol. The highest BCUT2D eigenvalue weighted by Gasteiger charge is 2.21. The van der Waals surface area contributed by atoms with Crippen molar-refractivity contribution in [2.45, 2.75) is 13.5 Å². The smallest absolute Gasteiger partial charge is 0.231 e. The molecule has 0 fully saturated rings. The van der Waals surface area contributed by atoms with E-state index in [9.17, 15) is 4.79 Å². The Hall–Kier alpha value is -0.530. The highest BCUT2D eigenvalue weighted by Crippen LogP contribution is 2.25. The second-order valence-electron chi connectivity index (χ2n) is 3.47. The van der Waals surface area contributed by atoms with E-state index in [1.54, 1.807) is 23.1 Å². The van der Waals surface area contributed by atoms with Crippen LogP contribution in [0.3, 0.4) is 0 Å². The molecule has 0 aromatic carbocycles. The van der Waals surface area contributed by atoms with Crippen molar-refractivity contribution in [2.24, 2.45) is 0 Å². The Labute approximate surface area is 129 Å². The number of hydrogen-bond donors (Lipinski definition) is 0. The number of carbonyl (C=O) groups excluding carboxylic acids is 1. The van der Waals surface area contributed by atoms with Gasteiger partial charge in [-0.15, -0.1) is 0 Å². The molecule has 0 spiro atoms. The lowest BCUT2D eigenvalue weighted by Gasteiger charge is -2.06. The van der Waals surface area contributed by atoms with Crippen LogP contribution in [0.4, 0.5) is 0 Å². The fraction of sp³-hybridized carbons (Fsp3) is 0.182. The van der Waals surface area contributed by atoms with Crippen LogP contribution in [0.15, 0.2) is 31.9 Å². The van der Waals surface area contributed by atoms with Crippen molar-refractivity contribution < 1.29 is 4.79 Å². The summed E-state index contributed by atoms with van der Waals surface area (Å²) in [5, 5.41) is 4.12. The molecule has 0 N–H and O–H groups in total. The molecule has 0 aliphatic rings. The van der Waals surface area contributed by atoms with Crippen molar-refractivity contribution in [1.82, 2.24) is 14.8 Å². The van der Waals surface area contributed by atoms with E-state index in [0.29, 0.717) is 26.9 Å². The Morgan fingerprint density at radius 3 is 2.61 bits per heavy atom. The first kappa shape index (κ1) is 13.9. The molecule has 0 bridgehead atoms. The van der Waals surface area contributed by atoms with Gasteiger partial charge in [-0.2, -0.15) is 5.10 Å². The van der Waals surface area contributed by atoms with Crippen molar-refractivity contribution in [1.29, 1.82) is 0 Å². The van der Waals surface area contributed by atoms with Gasteiger partial charge in [-0.3, -0.25) is 14.5 Å². The molecule has 2 aromatic rings. The Balaban J connectivity index is 2.51. The maximum atomic E-state index is 12.4. The van der Waals surface area contributed by atoms with Crippen LogP contribution in [-0.2, 0) is 6.54 Å². The molecule has 2 rings (SSSR count). The molecule has 2 heterocycles. The molecular formula is C11H8Br3N3O. The fourth-order valence-corrected chi connectivity index (χ4v) is 3.17. The second kappa shape index (κ2) is 5.63. The maximum Gasteiger partial charge on any atom is 0.231 e. The molecule has 0 aliphatic heterocycles. The van der Waals surface area contributed by atoms with Gasteiger partial charge in [0.25, 0.3) is 0 Å². The van der Waals surface area contributed by atoms with Gasteiger partial charge in [-0.05, 0) is 60.8 Å². The zero-order valence-electron chi connectivity index (χ0n) is 9.32. The number of ketones is 1. The zero-order valence-corrected chi connectivity index (χ0v) is 14.1. The number of aryl methyl sites for hydroxylation is 1. The molecule has 0 atom stereocenters. The summed E-state index contributed by atoms with van der Waals surface area (Å²) in [4.78, 5) is 16.6. The Morgan fingerprint density at radius 1 is 1.28 bits per heavy atom. The minimum absolute atomic E-state index is 0.166. The van der Waals surface area contributed by atoms with Crippen LogP contribution in [0.5, 0.6) is 0 Å². The summed E-state index contributed by atoms with van der Waals surface area (Å²) in [5.74, 6) is -0.166. The monoisotopic (exact) mass is 435 g/mol. The second-order valence-corrected chi connectivity index (χ2v) is 6.09. The molecule has 0 aliphatic carbocycles. The van der Waals surface area contributed by atoms with Crippen LogP contribution in [0.1, 0.15) is 23.1 Å². The van der Waals surface area contributed by atoms with Gasteiger partial charge in [0.1, 0.15) is 11.4 Å². The standard InChI is InChI=1S/C11H8Br3N3O/c1-2-17-10(8(14)5-16-17)11(18)9-7(13)3-6(12)4-15-9/h3-5H,2H2,1H3. The average molecular weight is 438 g/mol. The lowest BCUT2D eigenvalue weighted by Crippen LogP contribution is -2.13. The highest BCUT2D eigenvalue weighted by molar-refractivity contribution is 9.11. The van der Waals surface area contributed by atoms with Crippen molar-refractivity contribution >= 4 is 53.6 Å². The lowest BCUT2D eigenvalue weighted by molar-refractivity contribution is 0.102. The van der Waals surface area contributed by atoms with E-state index in [1.807, 2.05) is 6.92 Å². The molecule has 0 saturated heterocycles. The number of nitrogens with zero attached hydrogens (tertiary/aromatic N) is 3. The zero-order chi connectivity index (χ0) is 13.3. The van der Waals surface area contributed by atoms with Crippen LogP contribution in [0.2, 0.25) is 0 Å². The largest absolute Gasteiger partial charge is 0.285 e. The Bertz CT molecular complexity index is 610. The van der Waals surface area contributed by atoms with Crippen molar-refractivity contribution in [3.8, 4) is 0 Å². The summed E-state index contributed by atoms with van der Waals surface area (Å²) < 4.78 is 3.78. The first-order chi connectivity index (χ1) is 8.54. The quantitative estimate of drug-likeness (QED) is 0.686. The fourth-order valence-electron chi connectivity index (χ4n) is 1.52. The topological polar surface area (TPSA) is 47.8 Å². The minimum Gasteiger partial charge on any atom is -0.285 e. The molecular weight excluding hydrogens is 430 g/mol. The summed E-state index contributed by atoms with van der Waals surface area (Å²) in [6.07, 6.45) is 3.21.